The van der Waals surface area contributed by atoms with E-state index in [1.165, 1.54) is 12.8 Å². The average molecular weight is 294 g/mol. The molecule has 2 rings (SSSR count). The maximum atomic E-state index is 12.4. The van der Waals surface area contributed by atoms with Crippen LogP contribution in [0, 0.1) is 5.92 Å². The van der Waals surface area contributed by atoms with E-state index in [0.717, 1.165) is 24.9 Å². The van der Waals surface area contributed by atoms with Gasteiger partial charge in [-0.25, -0.2) is 0 Å². The van der Waals surface area contributed by atoms with Crippen molar-refractivity contribution in [2.45, 2.75) is 50.3 Å². The van der Waals surface area contributed by atoms with Gasteiger partial charge in [-0.1, -0.05) is 36.8 Å². The summed E-state index contributed by atoms with van der Waals surface area (Å²) >= 11 is 6.20. The molecule has 0 saturated heterocycles. The first kappa shape index (κ1) is 15.4. The van der Waals surface area contributed by atoms with Crippen LogP contribution in [0.25, 0.3) is 0 Å². The number of benzene rings is 1. The summed E-state index contributed by atoms with van der Waals surface area (Å²) in [7, 11) is 0. The third-order valence-corrected chi connectivity index (χ3v) is 4.73. The van der Waals surface area contributed by atoms with E-state index in [-0.39, 0.29) is 11.3 Å². The van der Waals surface area contributed by atoms with Gasteiger partial charge in [-0.3, -0.25) is 4.79 Å². The number of alkyl halides is 1. The van der Waals surface area contributed by atoms with Crippen LogP contribution in [0.3, 0.4) is 0 Å². The Morgan fingerprint density at radius 2 is 2.00 bits per heavy atom. The lowest BCUT2D eigenvalue weighted by molar-refractivity contribution is -0.125. The first-order chi connectivity index (χ1) is 9.50. The van der Waals surface area contributed by atoms with Crippen LogP contribution in [0.5, 0.6) is 0 Å². The molecule has 110 valence electrons. The molecule has 0 aromatic heterocycles. The van der Waals surface area contributed by atoms with Crippen LogP contribution in [0.4, 0.5) is 0 Å². The van der Waals surface area contributed by atoms with Crippen LogP contribution in [0.1, 0.15) is 45.1 Å². The van der Waals surface area contributed by atoms with E-state index in [4.69, 9.17) is 11.6 Å². The number of halogens is 1. The van der Waals surface area contributed by atoms with Crippen molar-refractivity contribution in [1.29, 1.82) is 0 Å². The van der Waals surface area contributed by atoms with E-state index in [1.54, 1.807) is 0 Å². The van der Waals surface area contributed by atoms with Crippen molar-refractivity contribution in [3.05, 3.63) is 35.9 Å². The molecule has 2 atom stereocenters. The van der Waals surface area contributed by atoms with Crippen LogP contribution in [0.2, 0.25) is 0 Å². The smallest absolute Gasteiger partial charge is 0.230 e. The van der Waals surface area contributed by atoms with Crippen molar-refractivity contribution in [3.63, 3.8) is 0 Å². The van der Waals surface area contributed by atoms with Crippen molar-refractivity contribution in [2.24, 2.45) is 5.92 Å². The maximum Gasteiger partial charge on any atom is 0.230 e. The molecular weight excluding hydrogens is 270 g/mol. The van der Waals surface area contributed by atoms with Gasteiger partial charge in [0.25, 0.3) is 0 Å². The minimum absolute atomic E-state index is 0.0976. The molecule has 0 heterocycles. The molecule has 0 aliphatic heterocycles. The van der Waals surface area contributed by atoms with E-state index >= 15 is 0 Å². The quantitative estimate of drug-likeness (QED) is 0.839. The molecular formula is C17H24ClNO. The maximum absolute atomic E-state index is 12.4. The van der Waals surface area contributed by atoms with Gasteiger partial charge in [0.2, 0.25) is 5.91 Å². The Labute approximate surface area is 126 Å². The number of carbonyl (C=O) groups is 1. The third-order valence-electron chi connectivity index (χ3n) is 4.33. The molecule has 3 heteroatoms. The van der Waals surface area contributed by atoms with E-state index in [2.05, 4.69) is 5.32 Å². The molecule has 1 aromatic rings. The predicted molar refractivity (Wildman–Crippen MR) is 84.1 cm³/mol. The molecule has 0 spiro atoms. The number of nitrogens with one attached hydrogen (secondary N) is 1. The fourth-order valence-corrected chi connectivity index (χ4v) is 3.26. The molecule has 20 heavy (non-hydrogen) atoms. The number of hydrogen-bond donors (Lipinski definition) is 1. The first-order valence-corrected chi connectivity index (χ1v) is 7.91. The van der Waals surface area contributed by atoms with Crippen molar-refractivity contribution in [2.75, 3.05) is 6.54 Å². The Morgan fingerprint density at radius 3 is 2.65 bits per heavy atom. The second-order valence-corrected chi connectivity index (χ2v) is 6.95. The molecule has 0 radical (unpaired) electrons. The van der Waals surface area contributed by atoms with Crippen LogP contribution < -0.4 is 5.32 Å². The zero-order valence-corrected chi connectivity index (χ0v) is 13.1. The summed E-state index contributed by atoms with van der Waals surface area (Å²) in [6.07, 6.45) is 4.49. The van der Waals surface area contributed by atoms with E-state index in [9.17, 15) is 4.79 Å². The number of hydrogen-bond acceptors (Lipinski definition) is 1. The lowest BCUT2D eigenvalue weighted by atomic mass is 9.83. The van der Waals surface area contributed by atoms with Crippen molar-refractivity contribution < 1.29 is 4.79 Å². The Morgan fingerprint density at radius 1 is 1.30 bits per heavy atom. The molecule has 1 saturated carbocycles. The van der Waals surface area contributed by atoms with E-state index < -0.39 is 5.41 Å². The second-order valence-electron chi connectivity index (χ2n) is 6.33. The van der Waals surface area contributed by atoms with Crippen LogP contribution in [-0.2, 0) is 10.2 Å². The Balaban J connectivity index is 1.91. The van der Waals surface area contributed by atoms with Crippen molar-refractivity contribution in [3.8, 4) is 0 Å². The summed E-state index contributed by atoms with van der Waals surface area (Å²) in [5.74, 6) is 0.627. The molecule has 1 fully saturated rings. The molecule has 1 amide bonds. The topological polar surface area (TPSA) is 29.1 Å². The van der Waals surface area contributed by atoms with E-state index in [0.29, 0.717) is 5.92 Å². The number of rotatable bonds is 4. The molecule has 1 N–H and O–H groups in total. The predicted octanol–water partition coefficient (Wildman–Crippen LogP) is 3.88. The summed E-state index contributed by atoms with van der Waals surface area (Å²) in [5, 5.41) is 3.40. The lowest BCUT2D eigenvalue weighted by Crippen LogP contribution is -2.42. The van der Waals surface area contributed by atoms with E-state index in [1.807, 2.05) is 44.2 Å². The second kappa shape index (κ2) is 6.62. The van der Waals surface area contributed by atoms with Gasteiger partial charge in [-0.15, -0.1) is 11.6 Å². The fourth-order valence-electron chi connectivity index (χ4n) is 2.85. The van der Waals surface area contributed by atoms with Gasteiger partial charge in [0.15, 0.2) is 0 Å². The molecule has 1 aliphatic rings. The van der Waals surface area contributed by atoms with Gasteiger partial charge < -0.3 is 5.32 Å². The average Bonchev–Trinajstić information content (AvgIpc) is 2.45. The largest absolute Gasteiger partial charge is 0.355 e. The molecule has 2 nitrogen and oxygen atoms in total. The van der Waals surface area contributed by atoms with Gasteiger partial charge in [-0.05, 0) is 44.6 Å². The summed E-state index contributed by atoms with van der Waals surface area (Å²) in [6.45, 7) is 4.70. The van der Waals surface area contributed by atoms with Gasteiger partial charge in [-0.2, -0.15) is 0 Å². The van der Waals surface area contributed by atoms with Crippen LogP contribution in [0.15, 0.2) is 30.3 Å². The summed E-state index contributed by atoms with van der Waals surface area (Å²) in [6, 6.07) is 9.94. The van der Waals surface area contributed by atoms with Crippen molar-refractivity contribution in [1.82, 2.24) is 5.32 Å². The van der Waals surface area contributed by atoms with Crippen LogP contribution >= 0.6 is 11.6 Å². The number of amides is 1. The minimum Gasteiger partial charge on any atom is -0.355 e. The van der Waals surface area contributed by atoms with Crippen molar-refractivity contribution >= 4 is 17.5 Å². The molecule has 2 unspecified atom stereocenters. The van der Waals surface area contributed by atoms with Gasteiger partial charge in [0, 0.05) is 11.9 Å². The Hall–Kier alpha value is -1.02. The summed E-state index contributed by atoms with van der Waals surface area (Å²) in [4.78, 5) is 12.4. The zero-order valence-electron chi connectivity index (χ0n) is 12.4. The normalized spacial score (nSPS) is 23.4. The highest BCUT2D eigenvalue weighted by atomic mass is 35.5. The summed E-state index contributed by atoms with van der Waals surface area (Å²) < 4.78 is 0. The Kier molecular flexibility index (Phi) is 5.09. The standard InChI is InChI=1S/C17H24ClNO/c1-17(2,14-8-4-3-5-9-14)16(20)19-12-13-7-6-10-15(18)11-13/h3-5,8-9,13,15H,6-7,10-12H2,1-2H3,(H,19,20). The van der Waals surface area contributed by atoms with Gasteiger partial charge >= 0.3 is 0 Å². The summed E-state index contributed by atoms with van der Waals surface area (Å²) in [5.41, 5.74) is 0.562. The molecule has 0 bridgehead atoms. The lowest BCUT2D eigenvalue weighted by Gasteiger charge is -2.28. The number of carbonyl (C=O) groups excluding carboxylic acids is 1. The highest BCUT2D eigenvalue weighted by Crippen LogP contribution is 2.28. The highest BCUT2D eigenvalue weighted by Gasteiger charge is 2.30. The molecule has 1 aliphatic carbocycles. The van der Waals surface area contributed by atoms with Gasteiger partial charge in [0.05, 0.1) is 5.41 Å². The molecule has 1 aromatic carbocycles. The Bertz CT molecular complexity index is 444. The van der Waals surface area contributed by atoms with Gasteiger partial charge in [0.1, 0.15) is 0 Å². The SMILES string of the molecule is CC(C)(C(=O)NCC1CCCC(Cl)C1)c1ccccc1. The monoisotopic (exact) mass is 293 g/mol. The van der Waals surface area contributed by atoms with Crippen LogP contribution in [-0.4, -0.2) is 17.8 Å². The highest BCUT2D eigenvalue weighted by molar-refractivity contribution is 6.20. The first-order valence-electron chi connectivity index (χ1n) is 7.48. The zero-order chi connectivity index (χ0) is 14.6. The minimum atomic E-state index is -0.490. The third kappa shape index (κ3) is 3.76. The fraction of sp³-hybridized carbons (Fsp3) is 0.588.